The SMILES string of the molecule is COCCn1c(CCl)nnc1-c1ccc(Cl)cc1. The zero-order chi connectivity index (χ0) is 13.0. The van der Waals surface area contributed by atoms with Crippen molar-refractivity contribution in [3.05, 3.63) is 35.1 Å². The number of methoxy groups -OCH3 is 1. The third kappa shape index (κ3) is 2.83. The normalized spacial score (nSPS) is 10.8. The molecule has 1 aromatic carbocycles. The highest BCUT2D eigenvalue weighted by molar-refractivity contribution is 6.30. The van der Waals surface area contributed by atoms with E-state index in [-0.39, 0.29) is 0 Å². The summed E-state index contributed by atoms with van der Waals surface area (Å²) >= 11 is 11.7. The third-order valence-corrected chi connectivity index (χ3v) is 3.06. The first kappa shape index (κ1) is 13.3. The summed E-state index contributed by atoms with van der Waals surface area (Å²) in [5, 5.41) is 8.94. The first-order valence-corrected chi connectivity index (χ1v) is 6.40. The van der Waals surface area contributed by atoms with Crippen LogP contribution in [0.15, 0.2) is 24.3 Å². The molecule has 96 valence electrons. The molecule has 0 aliphatic heterocycles. The Hall–Kier alpha value is -1.10. The van der Waals surface area contributed by atoms with E-state index in [1.54, 1.807) is 7.11 Å². The molecule has 0 bridgehead atoms. The fraction of sp³-hybridized carbons (Fsp3) is 0.333. The molecule has 4 nitrogen and oxygen atoms in total. The molecule has 6 heteroatoms. The quantitative estimate of drug-likeness (QED) is 0.793. The Morgan fingerprint density at radius 3 is 2.56 bits per heavy atom. The maximum Gasteiger partial charge on any atom is 0.164 e. The van der Waals surface area contributed by atoms with E-state index in [1.165, 1.54) is 0 Å². The highest BCUT2D eigenvalue weighted by Gasteiger charge is 2.12. The van der Waals surface area contributed by atoms with Gasteiger partial charge in [0, 0.05) is 24.2 Å². The number of hydrogen-bond acceptors (Lipinski definition) is 3. The van der Waals surface area contributed by atoms with Gasteiger partial charge in [-0.2, -0.15) is 0 Å². The fourth-order valence-electron chi connectivity index (χ4n) is 1.66. The molecule has 0 aliphatic carbocycles. The van der Waals surface area contributed by atoms with Gasteiger partial charge < -0.3 is 9.30 Å². The van der Waals surface area contributed by atoms with Crippen molar-refractivity contribution >= 4 is 23.2 Å². The first-order chi connectivity index (χ1) is 8.76. The molecular formula is C12H13Cl2N3O. The van der Waals surface area contributed by atoms with Gasteiger partial charge in [0.1, 0.15) is 5.82 Å². The summed E-state index contributed by atoms with van der Waals surface area (Å²) < 4.78 is 7.04. The van der Waals surface area contributed by atoms with Crippen molar-refractivity contribution < 1.29 is 4.74 Å². The number of rotatable bonds is 5. The van der Waals surface area contributed by atoms with Crippen molar-refractivity contribution in [2.75, 3.05) is 13.7 Å². The Kier molecular flexibility index (Phi) is 4.58. The highest BCUT2D eigenvalue weighted by atomic mass is 35.5. The second-order valence-electron chi connectivity index (χ2n) is 3.72. The van der Waals surface area contributed by atoms with Crippen LogP contribution < -0.4 is 0 Å². The van der Waals surface area contributed by atoms with Crippen molar-refractivity contribution in [1.82, 2.24) is 14.8 Å². The second-order valence-corrected chi connectivity index (χ2v) is 4.43. The smallest absolute Gasteiger partial charge is 0.164 e. The van der Waals surface area contributed by atoms with E-state index in [2.05, 4.69) is 10.2 Å². The van der Waals surface area contributed by atoms with Crippen LogP contribution in [0.4, 0.5) is 0 Å². The Balaban J connectivity index is 2.37. The first-order valence-electron chi connectivity index (χ1n) is 5.49. The van der Waals surface area contributed by atoms with Crippen LogP contribution in [0.3, 0.4) is 0 Å². The van der Waals surface area contributed by atoms with Crippen LogP contribution >= 0.6 is 23.2 Å². The van der Waals surface area contributed by atoms with Crippen LogP contribution in [0, 0.1) is 0 Å². The molecule has 0 saturated carbocycles. The van der Waals surface area contributed by atoms with Gasteiger partial charge in [-0.15, -0.1) is 21.8 Å². The number of halogens is 2. The molecule has 0 saturated heterocycles. The molecule has 0 N–H and O–H groups in total. The molecule has 0 aliphatic rings. The van der Waals surface area contributed by atoms with Gasteiger partial charge in [-0.3, -0.25) is 0 Å². The highest BCUT2D eigenvalue weighted by Crippen LogP contribution is 2.21. The fourth-order valence-corrected chi connectivity index (χ4v) is 1.99. The molecule has 0 amide bonds. The van der Waals surface area contributed by atoms with Crippen molar-refractivity contribution in [3.63, 3.8) is 0 Å². The number of ether oxygens (including phenoxy) is 1. The lowest BCUT2D eigenvalue weighted by atomic mass is 10.2. The van der Waals surface area contributed by atoms with Gasteiger partial charge in [-0.25, -0.2) is 0 Å². The van der Waals surface area contributed by atoms with E-state index in [0.717, 1.165) is 17.2 Å². The monoisotopic (exact) mass is 285 g/mol. The lowest BCUT2D eigenvalue weighted by Crippen LogP contribution is -2.09. The summed E-state index contributed by atoms with van der Waals surface area (Å²) in [7, 11) is 1.66. The minimum Gasteiger partial charge on any atom is -0.383 e. The zero-order valence-corrected chi connectivity index (χ0v) is 11.4. The van der Waals surface area contributed by atoms with Gasteiger partial charge in [-0.1, -0.05) is 11.6 Å². The van der Waals surface area contributed by atoms with E-state index in [9.17, 15) is 0 Å². The second kappa shape index (κ2) is 6.18. The van der Waals surface area contributed by atoms with Crippen LogP contribution in [0.1, 0.15) is 5.82 Å². The van der Waals surface area contributed by atoms with E-state index in [4.69, 9.17) is 27.9 Å². The van der Waals surface area contributed by atoms with Gasteiger partial charge in [0.15, 0.2) is 5.82 Å². The number of nitrogens with zero attached hydrogens (tertiary/aromatic N) is 3. The van der Waals surface area contributed by atoms with E-state index in [1.807, 2.05) is 28.8 Å². The summed E-state index contributed by atoms with van der Waals surface area (Å²) in [6.07, 6.45) is 0. The van der Waals surface area contributed by atoms with Crippen LogP contribution in [0.25, 0.3) is 11.4 Å². The molecule has 2 rings (SSSR count). The van der Waals surface area contributed by atoms with Crippen molar-refractivity contribution in [2.24, 2.45) is 0 Å². The number of aromatic nitrogens is 3. The summed E-state index contributed by atoms with van der Waals surface area (Å²) in [5.74, 6) is 1.84. The number of hydrogen-bond donors (Lipinski definition) is 0. The molecule has 1 heterocycles. The van der Waals surface area contributed by atoms with Gasteiger partial charge in [0.25, 0.3) is 0 Å². The van der Waals surface area contributed by atoms with Gasteiger partial charge in [0.05, 0.1) is 12.5 Å². The molecule has 0 spiro atoms. The molecule has 0 unspecified atom stereocenters. The Labute approximate surface area is 115 Å². The van der Waals surface area contributed by atoms with Crippen molar-refractivity contribution in [2.45, 2.75) is 12.4 Å². The van der Waals surface area contributed by atoms with E-state index < -0.39 is 0 Å². The molecule has 0 fully saturated rings. The molecule has 2 aromatic rings. The maximum atomic E-state index is 5.87. The average molecular weight is 286 g/mol. The zero-order valence-electron chi connectivity index (χ0n) is 9.94. The predicted octanol–water partition coefficient (Wildman–Crippen LogP) is 2.98. The summed E-state index contributed by atoms with van der Waals surface area (Å²) in [4.78, 5) is 0. The predicted molar refractivity (Wildman–Crippen MR) is 71.9 cm³/mol. The lowest BCUT2D eigenvalue weighted by molar-refractivity contribution is 0.187. The summed E-state index contributed by atoms with van der Waals surface area (Å²) in [5.41, 5.74) is 0.958. The van der Waals surface area contributed by atoms with Crippen LogP contribution in [-0.2, 0) is 17.2 Å². The Morgan fingerprint density at radius 1 is 1.22 bits per heavy atom. The topological polar surface area (TPSA) is 39.9 Å². The van der Waals surface area contributed by atoms with E-state index in [0.29, 0.717) is 24.1 Å². The van der Waals surface area contributed by atoms with Gasteiger partial charge in [-0.05, 0) is 24.3 Å². The summed E-state index contributed by atoms with van der Waals surface area (Å²) in [6.45, 7) is 1.26. The Morgan fingerprint density at radius 2 is 1.94 bits per heavy atom. The number of benzene rings is 1. The van der Waals surface area contributed by atoms with Crippen molar-refractivity contribution in [3.8, 4) is 11.4 Å². The standard InChI is InChI=1S/C12H13Cl2N3O/c1-18-7-6-17-11(8-13)15-16-12(17)9-2-4-10(14)5-3-9/h2-5H,6-8H2,1H3. The molecule has 0 atom stereocenters. The third-order valence-electron chi connectivity index (χ3n) is 2.57. The van der Waals surface area contributed by atoms with Crippen LogP contribution in [0.5, 0.6) is 0 Å². The van der Waals surface area contributed by atoms with E-state index >= 15 is 0 Å². The Bertz CT molecular complexity index is 511. The van der Waals surface area contributed by atoms with Crippen molar-refractivity contribution in [1.29, 1.82) is 0 Å². The average Bonchev–Trinajstić information content (AvgIpc) is 2.80. The van der Waals surface area contributed by atoms with Crippen LogP contribution in [-0.4, -0.2) is 28.5 Å². The van der Waals surface area contributed by atoms with Crippen LogP contribution in [0.2, 0.25) is 5.02 Å². The summed E-state index contributed by atoms with van der Waals surface area (Å²) in [6, 6.07) is 7.47. The molecular weight excluding hydrogens is 273 g/mol. The largest absolute Gasteiger partial charge is 0.383 e. The number of alkyl halides is 1. The minimum absolute atomic E-state index is 0.324. The maximum absolute atomic E-state index is 5.87. The van der Waals surface area contributed by atoms with Gasteiger partial charge >= 0.3 is 0 Å². The lowest BCUT2D eigenvalue weighted by Gasteiger charge is -2.08. The molecule has 18 heavy (non-hydrogen) atoms. The minimum atomic E-state index is 0.324. The molecule has 0 radical (unpaired) electrons. The molecule has 1 aromatic heterocycles. The van der Waals surface area contributed by atoms with Gasteiger partial charge in [0.2, 0.25) is 0 Å².